The minimum absolute atomic E-state index is 0.0266. The third-order valence-electron chi connectivity index (χ3n) is 4.40. The van der Waals surface area contributed by atoms with Crippen LogP contribution in [0.1, 0.15) is 40.8 Å². The third-order valence-corrected chi connectivity index (χ3v) is 5.58. The predicted octanol–water partition coefficient (Wildman–Crippen LogP) is 5.54. The Labute approximate surface area is 161 Å². The Morgan fingerprint density at radius 1 is 1.26 bits per heavy atom. The SMILES string of the molecule is CCOC(=O)c1sc2cccc(F)c2c1CNc1cccc(C(C)OC)c1. The van der Waals surface area contributed by atoms with Gasteiger partial charge in [-0.05, 0) is 43.7 Å². The summed E-state index contributed by atoms with van der Waals surface area (Å²) in [5.74, 6) is -0.755. The van der Waals surface area contributed by atoms with Crippen molar-refractivity contribution in [2.45, 2.75) is 26.5 Å². The van der Waals surface area contributed by atoms with Crippen LogP contribution in [0.4, 0.5) is 10.1 Å². The van der Waals surface area contributed by atoms with Gasteiger partial charge in [-0.15, -0.1) is 11.3 Å². The second kappa shape index (κ2) is 8.50. The Kier molecular flexibility index (Phi) is 6.08. The largest absolute Gasteiger partial charge is 0.462 e. The maximum Gasteiger partial charge on any atom is 0.348 e. The summed E-state index contributed by atoms with van der Waals surface area (Å²) in [6.07, 6.45) is -0.0266. The molecule has 0 fully saturated rings. The van der Waals surface area contributed by atoms with Gasteiger partial charge in [-0.1, -0.05) is 18.2 Å². The van der Waals surface area contributed by atoms with Crippen LogP contribution in [0.3, 0.4) is 0 Å². The van der Waals surface area contributed by atoms with E-state index in [4.69, 9.17) is 9.47 Å². The lowest BCUT2D eigenvalue weighted by Gasteiger charge is -2.13. The number of nitrogens with one attached hydrogen (secondary N) is 1. The first-order chi connectivity index (χ1) is 13.0. The number of esters is 1. The predicted molar refractivity (Wildman–Crippen MR) is 107 cm³/mol. The Morgan fingerprint density at radius 3 is 2.78 bits per heavy atom. The molecule has 2 aromatic carbocycles. The highest BCUT2D eigenvalue weighted by Gasteiger charge is 2.21. The Balaban J connectivity index is 1.94. The van der Waals surface area contributed by atoms with Gasteiger partial charge in [0.25, 0.3) is 0 Å². The number of fused-ring (bicyclic) bond motifs is 1. The van der Waals surface area contributed by atoms with Gasteiger partial charge < -0.3 is 14.8 Å². The molecule has 1 aromatic heterocycles. The van der Waals surface area contributed by atoms with Crippen LogP contribution in [-0.2, 0) is 16.0 Å². The molecule has 0 saturated heterocycles. The van der Waals surface area contributed by atoms with Crippen molar-refractivity contribution in [1.29, 1.82) is 0 Å². The van der Waals surface area contributed by atoms with E-state index in [1.165, 1.54) is 17.4 Å². The fourth-order valence-electron chi connectivity index (χ4n) is 2.93. The van der Waals surface area contributed by atoms with E-state index in [0.717, 1.165) is 16.0 Å². The summed E-state index contributed by atoms with van der Waals surface area (Å²) in [5.41, 5.74) is 2.54. The summed E-state index contributed by atoms with van der Waals surface area (Å²) < 4.78 is 25.7. The normalized spacial score (nSPS) is 12.1. The Hall–Kier alpha value is -2.44. The summed E-state index contributed by atoms with van der Waals surface area (Å²) >= 11 is 1.26. The van der Waals surface area contributed by atoms with Gasteiger partial charge in [0.1, 0.15) is 10.7 Å². The molecular weight excluding hydrogens is 365 g/mol. The molecule has 0 aliphatic rings. The Bertz CT molecular complexity index is 954. The van der Waals surface area contributed by atoms with Crippen LogP contribution in [0.2, 0.25) is 0 Å². The minimum Gasteiger partial charge on any atom is -0.462 e. The number of carbonyl (C=O) groups is 1. The number of methoxy groups -OCH3 is 1. The third kappa shape index (κ3) is 4.12. The van der Waals surface area contributed by atoms with Crippen LogP contribution >= 0.6 is 11.3 Å². The molecule has 0 spiro atoms. The molecule has 0 amide bonds. The monoisotopic (exact) mass is 387 g/mol. The fourth-order valence-corrected chi connectivity index (χ4v) is 4.05. The molecule has 1 N–H and O–H groups in total. The van der Waals surface area contributed by atoms with Crippen molar-refractivity contribution in [2.24, 2.45) is 0 Å². The number of halogens is 1. The molecule has 0 bridgehead atoms. The van der Waals surface area contributed by atoms with Crippen LogP contribution in [0.5, 0.6) is 0 Å². The molecular formula is C21H22FNO3S. The number of hydrogen-bond acceptors (Lipinski definition) is 5. The lowest BCUT2D eigenvalue weighted by atomic mass is 10.1. The number of hydrogen-bond donors (Lipinski definition) is 1. The maximum atomic E-state index is 14.5. The standard InChI is InChI=1S/C21H22FNO3S/c1-4-26-21(24)20-16(19-17(22)9-6-10-18(19)27-20)12-23-15-8-5-7-14(11-15)13(2)25-3/h5-11,13,23H,4,12H2,1-3H3. The highest BCUT2D eigenvalue weighted by atomic mass is 32.1. The summed E-state index contributed by atoms with van der Waals surface area (Å²) in [4.78, 5) is 12.8. The van der Waals surface area contributed by atoms with Gasteiger partial charge in [-0.25, -0.2) is 9.18 Å². The zero-order chi connectivity index (χ0) is 19.4. The number of anilines is 1. The second-order valence-electron chi connectivity index (χ2n) is 6.10. The average Bonchev–Trinajstić information content (AvgIpc) is 3.06. The van der Waals surface area contributed by atoms with E-state index < -0.39 is 5.97 Å². The molecule has 0 aliphatic carbocycles. The van der Waals surface area contributed by atoms with E-state index in [1.54, 1.807) is 20.1 Å². The molecule has 27 heavy (non-hydrogen) atoms. The number of benzene rings is 2. The first-order valence-electron chi connectivity index (χ1n) is 8.78. The fraction of sp³-hybridized carbons (Fsp3) is 0.286. The maximum absolute atomic E-state index is 14.5. The van der Waals surface area contributed by atoms with Crippen molar-refractivity contribution < 1.29 is 18.7 Å². The molecule has 1 unspecified atom stereocenters. The van der Waals surface area contributed by atoms with E-state index in [9.17, 15) is 9.18 Å². The zero-order valence-corrected chi connectivity index (χ0v) is 16.4. The lowest BCUT2D eigenvalue weighted by molar-refractivity contribution is 0.0531. The van der Waals surface area contributed by atoms with Crippen molar-refractivity contribution in [3.8, 4) is 0 Å². The van der Waals surface area contributed by atoms with Gasteiger partial charge in [-0.3, -0.25) is 0 Å². The minimum atomic E-state index is -0.420. The van der Waals surface area contributed by atoms with E-state index >= 15 is 0 Å². The highest BCUT2D eigenvalue weighted by molar-refractivity contribution is 7.21. The van der Waals surface area contributed by atoms with E-state index in [0.29, 0.717) is 22.4 Å². The summed E-state index contributed by atoms with van der Waals surface area (Å²) in [6.45, 7) is 4.32. The number of ether oxygens (including phenoxy) is 2. The first kappa shape index (κ1) is 19.3. The van der Waals surface area contributed by atoms with Gasteiger partial charge in [0.2, 0.25) is 0 Å². The highest BCUT2D eigenvalue weighted by Crippen LogP contribution is 2.34. The quantitative estimate of drug-likeness (QED) is 0.541. The van der Waals surface area contributed by atoms with Crippen molar-refractivity contribution in [2.75, 3.05) is 19.0 Å². The van der Waals surface area contributed by atoms with Gasteiger partial charge in [0, 0.05) is 35.0 Å². The molecule has 6 heteroatoms. The first-order valence-corrected chi connectivity index (χ1v) is 9.60. The molecule has 0 aliphatic heterocycles. The topological polar surface area (TPSA) is 47.6 Å². The molecule has 142 valence electrons. The van der Waals surface area contributed by atoms with Crippen LogP contribution in [0, 0.1) is 5.82 Å². The van der Waals surface area contributed by atoms with Crippen molar-refractivity contribution in [1.82, 2.24) is 0 Å². The van der Waals surface area contributed by atoms with Crippen LogP contribution < -0.4 is 5.32 Å². The molecule has 0 saturated carbocycles. The molecule has 1 heterocycles. The van der Waals surface area contributed by atoms with Crippen molar-refractivity contribution in [3.63, 3.8) is 0 Å². The number of rotatable bonds is 7. The molecule has 0 radical (unpaired) electrons. The van der Waals surface area contributed by atoms with Crippen molar-refractivity contribution >= 4 is 33.1 Å². The van der Waals surface area contributed by atoms with Crippen molar-refractivity contribution in [3.05, 3.63) is 64.3 Å². The van der Waals surface area contributed by atoms with Gasteiger partial charge in [0.15, 0.2) is 0 Å². The van der Waals surface area contributed by atoms with E-state index in [-0.39, 0.29) is 18.5 Å². The Morgan fingerprint density at radius 2 is 2.04 bits per heavy atom. The summed E-state index contributed by atoms with van der Waals surface area (Å²) in [6, 6.07) is 12.7. The smallest absolute Gasteiger partial charge is 0.348 e. The molecule has 1 atom stereocenters. The number of carbonyl (C=O) groups excluding carboxylic acids is 1. The van der Waals surface area contributed by atoms with E-state index in [2.05, 4.69) is 5.32 Å². The average molecular weight is 387 g/mol. The van der Waals surface area contributed by atoms with E-state index in [1.807, 2.05) is 37.3 Å². The summed E-state index contributed by atoms with van der Waals surface area (Å²) in [5, 5.41) is 3.77. The van der Waals surface area contributed by atoms with Crippen LogP contribution in [0.25, 0.3) is 10.1 Å². The van der Waals surface area contributed by atoms with Crippen LogP contribution in [0.15, 0.2) is 42.5 Å². The zero-order valence-electron chi connectivity index (χ0n) is 15.5. The van der Waals surface area contributed by atoms with Gasteiger partial charge >= 0.3 is 5.97 Å². The lowest BCUT2D eigenvalue weighted by Crippen LogP contribution is -2.08. The molecule has 3 aromatic rings. The molecule has 4 nitrogen and oxygen atoms in total. The second-order valence-corrected chi connectivity index (χ2v) is 7.15. The summed E-state index contributed by atoms with van der Waals surface area (Å²) in [7, 11) is 1.66. The number of thiophene rings is 1. The van der Waals surface area contributed by atoms with Crippen LogP contribution in [-0.4, -0.2) is 19.7 Å². The van der Waals surface area contributed by atoms with Gasteiger partial charge in [-0.2, -0.15) is 0 Å². The van der Waals surface area contributed by atoms with Gasteiger partial charge in [0.05, 0.1) is 12.7 Å². The molecule has 3 rings (SSSR count).